The molecule has 98 valence electrons. The molecule has 1 aromatic heterocycles. The first-order chi connectivity index (χ1) is 8.94. The summed E-state index contributed by atoms with van der Waals surface area (Å²) in [6.07, 6.45) is -2.64. The average molecular weight is 266 g/mol. The highest BCUT2D eigenvalue weighted by Crippen LogP contribution is 2.34. The van der Waals surface area contributed by atoms with Crippen molar-refractivity contribution in [3.05, 3.63) is 53.8 Å². The van der Waals surface area contributed by atoms with Gasteiger partial charge in [0.05, 0.1) is 5.56 Å². The second-order valence-corrected chi connectivity index (χ2v) is 3.87. The summed E-state index contributed by atoms with van der Waals surface area (Å²) in [5.74, 6) is 0.267. The van der Waals surface area contributed by atoms with Gasteiger partial charge in [-0.05, 0) is 35.9 Å². The van der Waals surface area contributed by atoms with E-state index in [1.54, 1.807) is 0 Å². The van der Waals surface area contributed by atoms with Crippen LogP contribution in [-0.2, 0) is 6.18 Å². The zero-order valence-electron chi connectivity index (χ0n) is 9.70. The minimum absolute atomic E-state index is 0.0626. The van der Waals surface area contributed by atoms with E-state index in [-0.39, 0.29) is 17.1 Å². The quantitative estimate of drug-likeness (QED) is 0.770. The molecule has 0 aliphatic rings. The minimum Gasteiger partial charge on any atom is -0.453 e. The van der Waals surface area contributed by atoms with Crippen LogP contribution in [-0.4, -0.2) is 6.29 Å². The van der Waals surface area contributed by atoms with Crippen molar-refractivity contribution in [2.75, 3.05) is 0 Å². The fraction of sp³-hybridized carbons (Fsp3) is 0.0714. The summed E-state index contributed by atoms with van der Waals surface area (Å²) >= 11 is 0. The topological polar surface area (TPSA) is 30.2 Å². The van der Waals surface area contributed by atoms with Gasteiger partial charge in [0.15, 0.2) is 12.0 Å². The molecule has 0 bridgehead atoms. The Balaban J connectivity index is 2.56. The number of benzene rings is 1. The van der Waals surface area contributed by atoms with E-state index >= 15 is 0 Å². The van der Waals surface area contributed by atoms with Crippen LogP contribution in [0.4, 0.5) is 13.2 Å². The molecule has 2 aromatic rings. The summed E-state index contributed by atoms with van der Waals surface area (Å²) in [6.45, 7) is 3.46. The van der Waals surface area contributed by atoms with Gasteiger partial charge in [-0.15, -0.1) is 0 Å². The van der Waals surface area contributed by atoms with Gasteiger partial charge in [0.1, 0.15) is 5.76 Å². The molecule has 1 heterocycles. The largest absolute Gasteiger partial charge is 0.453 e. The lowest BCUT2D eigenvalue weighted by atomic mass is 10.0. The Kier molecular flexibility index (Phi) is 3.29. The standard InChI is InChI=1S/C14H9F3O2/c1-2-9-5-10(7-11(6-9)14(15,16)17)13-4-3-12(8-18)19-13/h2-8H,1H2. The first kappa shape index (κ1) is 13.1. The number of halogens is 3. The number of furan rings is 1. The van der Waals surface area contributed by atoms with Crippen LogP contribution in [0.5, 0.6) is 0 Å². The van der Waals surface area contributed by atoms with E-state index in [0.29, 0.717) is 11.8 Å². The second-order valence-electron chi connectivity index (χ2n) is 3.87. The Morgan fingerprint density at radius 3 is 2.42 bits per heavy atom. The van der Waals surface area contributed by atoms with Crippen molar-refractivity contribution in [2.45, 2.75) is 6.18 Å². The SMILES string of the molecule is C=Cc1cc(-c2ccc(C=O)o2)cc(C(F)(F)F)c1. The molecule has 0 unspecified atom stereocenters. The number of hydrogen-bond acceptors (Lipinski definition) is 2. The van der Waals surface area contributed by atoms with E-state index in [1.165, 1.54) is 24.3 Å². The lowest BCUT2D eigenvalue weighted by molar-refractivity contribution is -0.137. The van der Waals surface area contributed by atoms with E-state index in [4.69, 9.17) is 4.42 Å². The molecule has 0 amide bonds. The number of carbonyl (C=O) groups is 1. The van der Waals surface area contributed by atoms with Crippen molar-refractivity contribution in [1.82, 2.24) is 0 Å². The fourth-order valence-electron chi connectivity index (χ4n) is 1.65. The van der Waals surface area contributed by atoms with Crippen LogP contribution in [0, 0.1) is 0 Å². The summed E-state index contributed by atoms with van der Waals surface area (Å²) in [7, 11) is 0. The number of alkyl halides is 3. The van der Waals surface area contributed by atoms with Gasteiger partial charge < -0.3 is 4.42 Å². The third-order valence-corrected chi connectivity index (χ3v) is 2.55. The van der Waals surface area contributed by atoms with Crippen LogP contribution in [0.2, 0.25) is 0 Å². The molecular formula is C14H9F3O2. The maximum Gasteiger partial charge on any atom is 0.416 e. The second kappa shape index (κ2) is 4.76. The summed E-state index contributed by atoms with van der Waals surface area (Å²) in [4.78, 5) is 10.5. The molecule has 2 nitrogen and oxygen atoms in total. The molecule has 2 rings (SSSR count). The fourth-order valence-corrected chi connectivity index (χ4v) is 1.65. The molecule has 0 spiro atoms. The summed E-state index contributed by atoms with van der Waals surface area (Å²) < 4.78 is 43.4. The van der Waals surface area contributed by atoms with E-state index in [9.17, 15) is 18.0 Å². The van der Waals surface area contributed by atoms with Gasteiger partial charge in [0, 0.05) is 5.56 Å². The smallest absolute Gasteiger partial charge is 0.416 e. The highest BCUT2D eigenvalue weighted by atomic mass is 19.4. The highest BCUT2D eigenvalue weighted by molar-refractivity contribution is 5.73. The van der Waals surface area contributed by atoms with E-state index in [0.717, 1.165) is 12.1 Å². The number of hydrogen-bond donors (Lipinski definition) is 0. The first-order valence-electron chi connectivity index (χ1n) is 5.34. The van der Waals surface area contributed by atoms with E-state index in [2.05, 4.69) is 6.58 Å². The zero-order valence-corrected chi connectivity index (χ0v) is 9.70. The lowest BCUT2D eigenvalue weighted by Gasteiger charge is -2.09. The molecule has 19 heavy (non-hydrogen) atoms. The van der Waals surface area contributed by atoms with Gasteiger partial charge in [-0.3, -0.25) is 4.79 Å². The van der Waals surface area contributed by atoms with Crippen LogP contribution in [0.3, 0.4) is 0 Å². The Morgan fingerprint density at radius 2 is 1.89 bits per heavy atom. The molecule has 0 aliphatic carbocycles. The monoisotopic (exact) mass is 266 g/mol. The van der Waals surface area contributed by atoms with Gasteiger partial charge >= 0.3 is 6.18 Å². The third kappa shape index (κ3) is 2.76. The Labute approximate surface area is 107 Å². The average Bonchev–Trinajstić information content (AvgIpc) is 2.86. The molecule has 0 atom stereocenters. The zero-order chi connectivity index (χ0) is 14.0. The van der Waals surface area contributed by atoms with Crippen molar-refractivity contribution in [1.29, 1.82) is 0 Å². The Bertz CT molecular complexity index is 624. The first-order valence-corrected chi connectivity index (χ1v) is 5.34. The van der Waals surface area contributed by atoms with Gasteiger partial charge in [-0.2, -0.15) is 13.2 Å². The van der Waals surface area contributed by atoms with Crippen molar-refractivity contribution in [3.63, 3.8) is 0 Å². The molecule has 5 heteroatoms. The maximum atomic E-state index is 12.8. The van der Waals surface area contributed by atoms with E-state index in [1.807, 2.05) is 0 Å². The Morgan fingerprint density at radius 1 is 1.16 bits per heavy atom. The number of carbonyl (C=O) groups excluding carboxylic acids is 1. The molecular weight excluding hydrogens is 257 g/mol. The van der Waals surface area contributed by atoms with Crippen molar-refractivity contribution in [3.8, 4) is 11.3 Å². The predicted molar refractivity (Wildman–Crippen MR) is 64.6 cm³/mol. The molecule has 0 N–H and O–H groups in total. The normalized spacial score (nSPS) is 11.3. The number of aldehydes is 1. The lowest BCUT2D eigenvalue weighted by Crippen LogP contribution is -2.05. The predicted octanol–water partition coefficient (Wildman–Crippen LogP) is 4.42. The molecule has 0 aliphatic heterocycles. The van der Waals surface area contributed by atoms with Crippen LogP contribution in [0.25, 0.3) is 17.4 Å². The van der Waals surface area contributed by atoms with Gasteiger partial charge in [-0.25, -0.2) is 0 Å². The highest BCUT2D eigenvalue weighted by Gasteiger charge is 2.31. The van der Waals surface area contributed by atoms with Crippen LogP contribution in [0.15, 0.2) is 41.3 Å². The summed E-state index contributed by atoms with van der Waals surface area (Å²) in [6, 6.07) is 6.33. The van der Waals surface area contributed by atoms with Crippen molar-refractivity contribution >= 4 is 12.4 Å². The molecule has 1 aromatic carbocycles. The van der Waals surface area contributed by atoms with Crippen LogP contribution < -0.4 is 0 Å². The maximum absolute atomic E-state index is 12.8. The summed E-state index contributed by atoms with van der Waals surface area (Å²) in [5, 5.41) is 0. The number of rotatable bonds is 3. The van der Waals surface area contributed by atoms with Crippen LogP contribution in [0.1, 0.15) is 21.7 Å². The summed E-state index contributed by atoms with van der Waals surface area (Å²) in [5.41, 5.74) is -0.212. The van der Waals surface area contributed by atoms with E-state index < -0.39 is 11.7 Å². The van der Waals surface area contributed by atoms with Gasteiger partial charge in [0.25, 0.3) is 0 Å². The Hall–Kier alpha value is -2.30. The van der Waals surface area contributed by atoms with Crippen molar-refractivity contribution < 1.29 is 22.4 Å². The molecule has 0 fully saturated rings. The van der Waals surface area contributed by atoms with Crippen molar-refractivity contribution in [2.24, 2.45) is 0 Å². The van der Waals surface area contributed by atoms with Gasteiger partial charge in [-0.1, -0.05) is 12.7 Å². The molecule has 0 radical (unpaired) electrons. The van der Waals surface area contributed by atoms with Crippen LogP contribution >= 0.6 is 0 Å². The molecule has 0 saturated heterocycles. The minimum atomic E-state index is -4.45. The van der Waals surface area contributed by atoms with Gasteiger partial charge in [0.2, 0.25) is 0 Å². The third-order valence-electron chi connectivity index (χ3n) is 2.55. The molecule has 0 saturated carbocycles.